The number of thiazole rings is 1. The highest BCUT2D eigenvalue weighted by molar-refractivity contribution is 7.21. The van der Waals surface area contributed by atoms with Gasteiger partial charge in [0.1, 0.15) is 5.01 Å². The molecule has 0 saturated heterocycles. The van der Waals surface area contributed by atoms with Crippen LogP contribution in [-0.2, 0) is 0 Å². The first-order valence-electron chi connectivity index (χ1n) is 5.11. The minimum atomic E-state index is 0.836. The van der Waals surface area contributed by atoms with Gasteiger partial charge in [0.05, 0.1) is 4.70 Å². The molecule has 2 heterocycles. The van der Waals surface area contributed by atoms with E-state index in [1.54, 1.807) is 17.5 Å². The molecule has 3 aromatic rings. The fourth-order valence-electron chi connectivity index (χ4n) is 1.59. The van der Waals surface area contributed by atoms with E-state index in [2.05, 4.69) is 47.2 Å². The molecule has 0 spiro atoms. The second-order valence-corrected chi connectivity index (χ2v) is 4.74. The lowest BCUT2D eigenvalue weighted by Crippen LogP contribution is -1.77. The Bertz CT molecular complexity index is 593. The summed E-state index contributed by atoms with van der Waals surface area (Å²) in [6, 6.07) is 12.4. The van der Waals surface area contributed by atoms with Crippen LogP contribution in [0.1, 0.15) is 5.56 Å². The van der Waals surface area contributed by atoms with Gasteiger partial charge in [0.2, 0.25) is 0 Å². The largest absolute Gasteiger partial charge is 0.236 e. The lowest BCUT2D eigenvalue weighted by molar-refractivity contribution is 1.33. The Kier molecular flexibility index (Phi) is 2.18. The smallest absolute Gasteiger partial charge is 0.170 e. The summed E-state index contributed by atoms with van der Waals surface area (Å²) in [4.78, 5) is 8.76. The van der Waals surface area contributed by atoms with Crippen molar-refractivity contribution in [2.75, 3.05) is 0 Å². The summed E-state index contributed by atoms with van der Waals surface area (Å²) in [7, 11) is 0. The maximum absolute atomic E-state index is 4.52. The van der Waals surface area contributed by atoms with Crippen LogP contribution in [0.15, 0.2) is 42.6 Å². The van der Waals surface area contributed by atoms with Gasteiger partial charge in [-0.3, -0.25) is 0 Å². The van der Waals surface area contributed by atoms with Crippen molar-refractivity contribution in [2.24, 2.45) is 0 Å². The van der Waals surface area contributed by atoms with E-state index >= 15 is 0 Å². The van der Waals surface area contributed by atoms with Gasteiger partial charge in [-0.05, 0) is 19.1 Å². The Hall–Kier alpha value is -1.74. The molecular weight excluding hydrogens is 216 g/mol. The van der Waals surface area contributed by atoms with Gasteiger partial charge in [0.25, 0.3) is 0 Å². The number of hydrogen-bond donors (Lipinski definition) is 0. The molecule has 0 aliphatic rings. The van der Waals surface area contributed by atoms with Crippen LogP contribution in [-0.4, -0.2) is 9.97 Å². The quantitative estimate of drug-likeness (QED) is 0.632. The third kappa shape index (κ3) is 1.59. The van der Waals surface area contributed by atoms with Crippen molar-refractivity contribution in [3.8, 4) is 10.6 Å². The number of fused-ring (bicyclic) bond motifs is 1. The minimum Gasteiger partial charge on any atom is -0.236 e. The van der Waals surface area contributed by atoms with Gasteiger partial charge in [0, 0.05) is 11.8 Å². The molecule has 0 amide bonds. The summed E-state index contributed by atoms with van der Waals surface area (Å²) in [5.74, 6) is 0. The first kappa shape index (κ1) is 9.48. The van der Waals surface area contributed by atoms with Gasteiger partial charge in [-0.25, -0.2) is 9.97 Å². The lowest BCUT2D eigenvalue weighted by Gasteiger charge is -1.95. The summed E-state index contributed by atoms with van der Waals surface area (Å²) in [5, 5.41) is 1.04. The molecule has 78 valence electrons. The van der Waals surface area contributed by atoms with Crippen LogP contribution in [0, 0.1) is 6.92 Å². The number of aromatic nitrogens is 2. The summed E-state index contributed by atoms with van der Waals surface area (Å²) >= 11 is 1.68. The van der Waals surface area contributed by atoms with Gasteiger partial charge < -0.3 is 0 Å². The van der Waals surface area contributed by atoms with E-state index in [-0.39, 0.29) is 0 Å². The van der Waals surface area contributed by atoms with Gasteiger partial charge in [0.15, 0.2) is 5.65 Å². The summed E-state index contributed by atoms with van der Waals surface area (Å²) in [5.41, 5.74) is 3.26. The van der Waals surface area contributed by atoms with Crippen molar-refractivity contribution >= 4 is 21.7 Å². The van der Waals surface area contributed by atoms with Crippen LogP contribution < -0.4 is 0 Å². The highest BCUT2D eigenvalue weighted by Crippen LogP contribution is 2.28. The minimum absolute atomic E-state index is 0.836. The Labute approximate surface area is 97.6 Å². The molecule has 0 radical (unpaired) electrons. The molecule has 3 heteroatoms. The molecule has 0 atom stereocenters. The summed E-state index contributed by atoms with van der Waals surface area (Å²) in [6.45, 7) is 2.09. The third-order valence-electron chi connectivity index (χ3n) is 2.46. The normalized spacial score (nSPS) is 10.8. The molecule has 0 aliphatic carbocycles. The molecule has 2 nitrogen and oxygen atoms in total. The van der Waals surface area contributed by atoms with Crippen molar-refractivity contribution < 1.29 is 0 Å². The molecule has 3 rings (SSSR count). The van der Waals surface area contributed by atoms with Crippen LogP contribution in [0.3, 0.4) is 0 Å². The average molecular weight is 226 g/mol. The second-order valence-electron chi connectivity index (χ2n) is 3.71. The van der Waals surface area contributed by atoms with Crippen molar-refractivity contribution in [2.45, 2.75) is 6.92 Å². The van der Waals surface area contributed by atoms with E-state index in [9.17, 15) is 0 Å². The van der Waals surface area contributed by atoms with Crippen LogP contribution in [0.5, 0.6) is 0 Å². The number of aryl methyl sites for hydroxylation is 1. The molecule has 0 N–H and O–H groups in total. The second kappa shape index (κ2) is 3.68. The summed E-state index contributed by atoms with van der Waals surface area (Å²) < 4.78 is 1.14. The van der Waals surface area contributed by atoms with E-state index < -0.39 is 0 Å². The summed E-state index contributed by atoms with van der Waals surface area (Å²) in [6.07, 6.45) is 1.78. The number of rotatable bonds is 1. The Morgan fingerprint density at radius 3 is 2.62 bits per heavy atom. The van der Waals surface area contributed by atoms with Crippen molar-refractivity contribution in [3.05, 3.63) is 48.2 Å². The number of hydrogen-bond acceptors (Lipinski definition) is 3. The highest BCUT2D eigenvalue weighted by Gasteiger charge is 2.05. The van der Waals surface area contributed by atoms with E-state index in [0.29, 0.717) is 0 Å². The van der Waals surface area contributed by atoms with Gasteiger partial charge in [-0.2, -0.15) is 0 Å². The van der Waals surface area contributed by atoms with Crippen LogP contribution in [0.4, 0.5) is 0 Å². The fourth-order valence-corrected chi connectivity index (χ4v) is 2.52. The Morgan fingerprint density at radius 2 is 1.88 bits per heavy atom. The average Bonchev–Trinajstić information content (AvgIpc) is 2.73. The fraction of sp³-hybridized carbons (Fsp3) is 0.0769. The SMILES string of the molecule is Cc1ccc(-c2nc3ncccc3s2)cc1. The van der Waals surface area contributed by atoms with Crippen LogP contribution in [0.25, 0.3) is 20.9 Å². The molecule has 1 aromatic carbocycles. The van der Waals surface area contributed by atoms with Gasteiger partial charge in [-0.15, -0.1) is 11.3 Å². The predicted octanol–water partition coefficient (Wildman–Crippen LogP) is 3.67. The van der Waals surface area contributed by atoms with E-state index in [4.69, 9.17) is 0 Å². The Balaban J connectivity index is 2.15. The van der Waals surface area contributed by atoms with Crippen LogP contribution >= 0.6 is 11.3 Å². The molecule has 16 heavy (non-hydrogen) atoms. The van der Waals surface area contributed by atoms with E-state index in [0.717, 1.165) is 20.9 Å². The topological polar surface area (TPSA) is 25.8 Å². The Morgan fingerprint density at radius 1 is 1.06 bits per heavy atom. The molecule has 0 bridgehead atoms. The maximum atomic E-state index is 4.52. The zero-order valence-electron chi connectivity index (χ0n) is 8.84. The zero-order valence-corrected chi connectivity index (χ0v) is 9.66. The maximum Gasteiger partial charge on any atom is 0.170 e. The van der Waals surface area contributed by atoms with Crippen LogP contribution in [0.2, 0.25) is 0 Å². The van der Waals surface area contributed by atoms with Gasteiger partial charge >= 0.3 is 0 Å². The van der Waals surface area contributed by atoms with Crippen molar-refractivity contribution in [1.29, 1.82) is 0 Å². The van der Waals surface area contributed by atoms with E-state index in [1.807, 2.05) is 6.07 Å². The molecule has 2 aromatic heterocycles. The number of pyridine rings is 1. The first-order chi connectivity index (χ1) is 7.83. The standard InChI is InChI=1S/C13H10N2S/c1-9-4-6-10(7-5-9)13-15-12-11(16-13)3-2-8-14-12/h2-8H,1H3. The number of benzene rings is 1. The van der Waals surface area contributed by atoms with Crippen molar-refractivity contribution in [3.63, 3.8) is 0 Å². The molecular formula is C13H10N2S. The monoisotopic (exact) mass is 226 g/mol. The molecule has 0 unspecified atom stereocenters. The van der Waals surface area contributed by atoms with E-state index in [1.165, 1.54) is 5.56 Å². The predicted molar refractivity (Wildman–Crippen MR) is 67.6 cm³/mol. The molecule has 0 fully saturated rings. The van der Waals surface area contributed by atoms with Gasteiger partial charge in [-0.1, -0.05) is 29.8 Å². The lowest BCUT2D eigenvalue weighted by atomic mass is 10.2. The third-order valence-corrected chi connectivity index (χ3v) is 3.52. The first-order valence-corrected chi connectivity index (χ1v) is 5.93. The van der Waals surface area contributed by atoms with Crippen molar-refractivity contribution in [1.82, 2.24) is 9.97 Å². The molecule has 0 saturated carbocycles. The highest BCUT2D eigenvalue weighted by atomic mass is 32.1. The molecule has 0 aliphatic heterocycles. The number of nitrogens with zero attached hydrogens (tertiary/aromatic N) is 2. The zero-order chi connectivity index (χ0) is 11.0.